The van der Waals surface area contributed by atoms with Crippen molar-refractivity contribution in [1.29, 1.82) is 0 Å². The number of hydrogen-bond donors (Lipinski definition) is 0. The van der Waals surface area contributed by atoms with Crippen LogP contribution in [0.5, 0.6) is 0 Å². The van der Waals surface area contributed by atoms with Gasteiger partial charge < -0.3 is 9.80 Å². The molecule has 0 saturated heterocycles. The average Bonchev–Trinajstić information content (AvgIpc) is 3.02. The second kappa shape index (κ2) is 11.5. The maximum Gasteiger partial charge on any atom is 0.0461 e. The minimum absolute atomic E-state index is 0.128. The molecule has 0 aromatic heterocycles. The van der Waals surface area contributed by atoms with Crippen LogP contribution in [0.4, 0.5) is 22.7 Å². The Kier molecular flexibility index (Phi) is 7.28. The van der Waals surface area contributed by atoms with Crippen molar-refractivity contribution in [2.24, 2.45) is 11.8 Å². The van der Waals surface area contributed by atoms with Crippen LogP contribution in [0.25, 0.3) is 11.4 Å². The number of aryl methyl sites for hydroxylation is 4. The molecule has 0 fully saturated rings. The molecule has 5 aromatic carbocycles. The smallest absolute Gasteiger partial charge is 0.0461 e. The Morgan fingerprint density at radius 3 is 1.00 bits per heavy atom. The normalized spacial score (nSPS) is 16.8. The Morgan fingerprint density at radius 2 is 0.705 bits per heavy atom. The van der Waals surface area contributed by atoms with Crippen molar-refractivity contribution in [3.63, 3.8) is 0 Å². The summed E-state index contributed by atoms with van der Waals surface area (Å²) in [5.74, 6) is 0.256. The van der Waals surface area contributed by atoms with Gasteiger partial charge in [-0.15, -0.1) is 0 Å². The number of allylic oxidation sites excluding steroid dienone is 2. The average molecular weight is 571 g/mol. The van der Waals surface area contributed by atoms with E-state index in [4.69, 9.17) is 0 Å². The van der Waals surface area contributed by atoms with Gasteiger partial charge in [0.15, 0.2) is 0 Å². The number of rotatable bonds is 6. The predicted molar refractivity (Wildman–Crippen MR) is 187 cm³/mol. The van der Waals surface area contributed by atoms with E-state index in [9.17, 15) is 0 Å². The van der Waals surface area contributed by atoms with Crippen LogP contribution in [0, 0.1) is 39.5 Å². The lowest BCUT2D eigenvalue weighted by Gasteiger charge is -2.42. The predicted octanol–water partition coefficient (Wildman–Crippen LogP) is 9.19. The molecule has 0 heterocycles. The fourth-order valence-corrected chi connectivity index (χ4v) is 6.88. The highest BCUT2D eigenvalue weighted by Crippen LogP contribution is 2.45. The molecule has 2 aliphatic rings. The molecule has 7 rings (SSSR count). The zero-order valence-electron chi connectivity index (χ0n) is 25.9. The van der Waals surface area contributed by atoms with Crippen LogP contribution in [0.1, 0.15) is 22.3 Å². The van der Waals surface area contributed by atoms with Crippen molar-refractivity contribution in [2.75, 3.05) is 9.80 Å². The van der Waals surface area contributed by atoms with Gasteiger partial charge in [0.1, 0.15) is 0 Å². The molecule has 5 aromatic rings. The summed E-state index contributed by atoms with van der Waals surface area (Å²) in [6, 6.07) is 44.6. The van der Waals surface area contributed by atoms with Gasteiger partial charge in [-0.25, -0.2) is 0 Å². The van der Waals surface area contributed by atoms with E-state index >= 15 is 0 Å². The van der Waals surface area contributed by atoms with E-state index in [1.165, 1.54) is 66.8 Å². The van der Waals surface area contributed by atoms with Crippen LogP contribution < -0.4 is 20.2 Å². The monoisotopic (exact) mass is 570 g/mol. The quantitative estimate of drug-likeness (QED) is 0.201. The number of benzene rings is 5. The summed E-state index contributed by atoms with van der Waals surface area (Å²) in [5.41, 5.74) is 12.3. The third-order valence-electron chi connectivity index (χ3n) is 8.77. The Labute approximate surface area is 261 Å². The van der Waals surface area contributed by atoms with Gasteiger partial charge in [0.05, 0.1) is 0 Å². The number of nitrogens with zero attached hydrogens (tertiary/aromatic N) is 2. The fourth-order valence-electron chi connectivity index (χ4n) is 6.88. The summed E-state index contributed by atoms with van der Waals surface area (Å²) >= 11 is 0. The summed E-state index contributed by atoms with van der Waals surface area (Å²) < 4.78 is 0. The molecule has 2 unspecified atom stereocenters. The summed E-state index contributed by atoms with van der Waals surface area (Å²) in [6.45, 7) is 8.71. The van der Waals surface area contributed by atoms with Crippen molar-refractivity contribution in [2.45, 2.75) is 27.7 Å². The first-order valence-corrected chi connectivity index (χ1v) is 15.5. The zero-order chi connectivity index (χ0) is 30.2. The third kappa shape index (κ3) is 5.07. The van der Waals surface area contributed by atoms with Crippen LogP contribution in [0.15, 0.2) is 146 Å². The van der Waals surface area contributed by atoms with Crippen molar-refractivity contribution in [3.8, 4) is 0 Å². The van der Waals surface area contributed by atoms with E-state index in [1.54, 1.807) is 0 Å². The lowest BCUT2D eigenvalue weighted by Crippen LogP contribution is -2.47. The first-order chi connectivity index (χ1) is 21.5. The largest absolute Gasteiger partial charge is 0.313 e. The molecule has 0 spiro atoms. The molecule has 0 aliphatic heterocycles. The highest BCUT2D eigenvalue weighted by atomic mass is 15.2. The Morgan fingerprint density at radius 1 is 0.386 bits per heavy atom. The molecule has 2 heteroatoms. The van der Waals surface area contributed by atoms with Gasteiger partial charge in [-0.05, 0) is 98.5 Å². The van der Waals surface area contributed by atoms with Crippen LogP contribution in [-0.2, 0) is 0 Å². The Balaban J connectivity index is 1.61. The number of anilines is 4. The third-order valence-corrected chi connectivity index (χ3v) is 8.77. The van der Waals surface area contributed by atoms with Crippen molar-refractivity contribution in [3.05, 3.63) is 178 Å². The van der Waals surface area contributed by atoms with Crippen LogP contribution in [0.3, 0.4) is 0 Å². The van der Waals surface area contributed by atoms with Gasteiger partial charge in [0.2, 0.25) is 0 Å². The van der Waals surface area contributed by atoms with Gasteiger partial charge in [0, 0.05) is 56.4 Å². The molecular formula is C42H38N2. The molecule has 216 valence electrons. The van der Waals surface area contributed by atoms with Crippen LogP contribution in [0.2, 0.25) is 0 Å². The van der Waals surface area contributed by atoms with E-state index in [0.29, 0.717) is 0 Å². The lowest BCUT2D eigenvalue weighted by molar-refractivity contribution is 0.661. The molecule has 0 bridgehead atoms. The molecule has 2 aliphatic carbocycles. The topological polar surface area (TPSA) is 6.48 Å². The second-order valence-corrected chi connectivity index (χ2v) is 12.2. The molecule has 2 nitrogen and oxygen atoms in total. The van der Waals surface area contributed by atoms with Crippen LogP contribution in [-0.4, -0.2) is 0 Å². The summed E-state index contributed by atoms with van der Waals surface area (Å²) in [5, 5.41) is 2.52. The zero-order valence-corrected chi connectivity index (χ0v) is 25.9. The highest BCUT2D eigenvalue weighted by Gasteiger charge is 2.37. The van der Waals surface area contributed by atoms with E-state index in [0.717, 1.165) is 0 Å². The van der Waals surface area contributed by atoms with E-state index in [-0.39, 0.29) is 11.8 Å². The Bertz CT molecular complexity index is 1810. The van der Waals surface area contributed by atoms with Gasteiger partial charge in [-0.1, -0.05) is 97.1 Å². The van der Waals surface area contributed by atoms with Crippen molar-refractivity contribution < 1.29 is 0 Å². The van der Waals surface area contributed by atoms with Gasteiger partial charge in [0.25, 0.3) is 0 Å². The van der Waals surface area contributed by atoms with E-state index in [1.807, 2.05) is 0 Å². The standard InChI is InChI=1S/C42H38N2/c1-29-13-9-17-33(25-29)43(34-18-10-14-30(2)26-34)41-37-21-5-7-23-39(37)42(40-24-8-6-22-38(40)41)44(35-19-11-15-31(3)27-35)36-20-12-16-32(4)28-36/h5-28,37,39H,1-4H3. The molecular weight excluding hydrogens is 532 g/mol. The molecule has 0 saturated carbocycles. The van der Waals surface area contributed by atoms with Gasteiger partial charge >= 0.3 is 0 Å². The van der Waals surface area contributed by atoms with E-state index < -0.39 is 0 Å². The van der Waals surface area contributed by atoms with Crippen molar-refractivity contribution in [1.82, 2.24) is 0 Å². The second-order valence-electron chi connectivity index (χ2n) is 12.2. The van der Waals surface area contributed by atoms with Gasteiger partial charge in [-0.3, -0.25) is 0 Å². The Hall–Kier alpha value is -5.08. The first kappa shape index (κ1) is 27.7. The minimum Gasteiger partial charge on any atom is -0.313 e. The summed E-state index contributed by atoms with van der Waals surface area (Å²) in [4.78, 5) is 5.00. The SMILES string of the molecule is Cc1cccc(N(C2=c3ccccc3=C(N(c3cccc(C)c3)c3cccc(C)c3)C3C=CC=CC23)c2cccc(C)c2)c1. The molecule has 0 N–H and O–H groups in total. The first-order valence-electron chi connectivity index (χ1n) is 15.5. The maximum absolute atomic E-state index is 2.50. The van der Waals surface area contributed by atoms with Crippen molar-refractivity contribution >= 4 is 34.1 Å². The van der Waals surface area contributed by atoms with Crippen LogP contribution >= 0.6 is 0 Å². The van der Waals surface area contributed by atoms with E-state index in [2.05, 4.69) is 183 Å². The number of hydrogen-bond acceptors (Lipinski definition) is 2. The molecule has 2 atom stereocenters. The highest BCUT2D eigenvalue weighted by molar-refractivity contribution is 5.89. The summed E-state index contributed by atoms with van der Waals surface area (Å²) in [7, 11) is 0. The van der Waals surface area contributed by atoms with Gasteiger partial charge in [-0.2, -0.15) is 0 Å². The maximum atomic E-state index is 2.50. The summed E-state index contributed by atoms with van der Waals surface area (Å²) in [6.07, 6.45) is 9.25. The molecule has 0 radical (unpaired) electrons. The molecule has 0 amide bonds. The molecule has 44 heavy (non-hydrogen) atoms. The number of fused-ring (bicyclic) bond motifs is 2. The fraction of sp³-hybridized carbons (Fsp3) is 0.143. The minimum atomic E-state index is 0.128. The lowest BCUT2D eigenvalue weighted by atomic mass is 9.77.